The fourth-order valence-electron chi connectivity index (χ4n) is 2.14. The summed E-state index contributed by atoms with van der Waals surface area (Å²) in [5.41, 5.74) is 2.26. The lowest BCUT2D eigenvalue weighted by Gasteiger charge is -2.14. The average molecular weight is 421 g/mol. The maximum Gasteiger partial charge on any atom is 0.142 e. The predicted molar refractivity (Wildman–Crippen MR) is 90.2 cm³/mol. The third kappa shape index (κ3) is 4.57. The molecule has 0 aliphatic heterocycles. The number of hydrogen-bond donors (Lipinski definition) is 0. The topological polar surface area (TPSA) is 0 Å². The molecule has 0 radical (unpaired) electrons. The molecule has 0 aliphatic rings. The van der Waals surface area contributed by atoms with Crippen LogP contribution < -0.4 is 0 Å². The van der Waals surface area contributed by atoms with Gasteiger partial charge in [0.15, 0.2) is 0 Å². The monoisotopic (exact) mass is 418 g/mol. The first-order chi connectivity index (χ1) is 9.58. The molecule has 1 unspecified atom stereocenters. The molecule has 0 amide bonds. The highest BCUT2D eigenvalue weighted by Gasteiger charge is 2.11. The quantitative estimate of drug-likeness (QED) is 0.518. The molecule has 4 heteroatoms. The van der Waals surface area contributed by atoms with Crippen molar-refractivity contribution < 1.29 is 4.39 Å². The Balaban J connectivity index is 2.04. The Morgan fingerprint density at radius 1 is 1.00 bits per heavy atom. The zero-order valence-corrected chi connectivity index (χ0v) is 14.7. The molecule has 0 N–H and O–H groups in total. The Labute approximate surface area is 140 Å². The summed E-state index contributed by atoms with van der Waals surface area (Å²) in [6.07, 6.45) is 1.79. The van der Waals surface area contributed by atoms with Gasteiger partial charge in [0.25, 0.3) is 0 Å². The van der Waals surface area contributed by atoms with Gasteiger partial charge in [-0.2, -0.15) is 0 Å². The van der Waals surface area contributed by atoms with Crippen LogP contribution in [0.2, 0.25) is 5.02 Å². The second-order valence-corrected chi connectivity index (χ2v) is 6.77. The van der Waals surface area contributed by atoms with E-state index in [9.17, 15) is 4.39 Å². The summed E-state index contributed by atoms with van der Waals surface area (Å²) in [6, 6.07) is 13.4. The third-order valence-electron chi connectivity index (χ3n) is 3.16. The van der Waals surface area contributed by atoms with E-state index in [-0.39, 0.29) is 10.8 Å². The summed E-state index contributed by atoms with van der Waals surface area (Å²) < 4.78 is 14.5. The predicted octanol–water partition coefficient (Wildman–Crippen LogP) is 6.04. The number of hydrogen-bond acceptors (Lipinski definition) is 0. The smallest absolute Gasteiger partial charge is 0.142 e. The molecule has 2 aromatic carbocycles. The molecule has 0 aromatic heterocycles. The maximum absolute atomic E-state index is 13.5. The molecule has 0 fully saturated rings. The van der Waals surface area contributed by atoms with Crippen molar-refractivity contribution in [2.45, 2.75) is 12.8 Å². The minimum atomic E-state index is -0.346. The Morgan fingerprint density at radius 3 is 2.20 bits per heavy atom. The number of benzene rings is 2. The molecule has 106 valence electrons. The van der Waals surface area contributed by atoms with Gasteiger partial charge in [0.05, 0.1) is 5.02 Å². The van der Waals surface area contributed by atoms with E-state index < -0.39 is 0 Å². The van der Waals surface area contributed by atoms with Crippen molar-refractivity contribution in [2.24, 2.45) is 5.92 Å². The van der Waals surface area contributed by atoms with Gasteiger partial charge in [-0.1, -0.05) is 61.7 Å². The van der Waals surface area contributed by atoms with Crippen molar-refractivity contribution in [1.82, 2.24) is 0 Å². The van der Waals surface area contributed by atoms with E-state index >= 15 is 0 Å². The van der Waals surface area contributed by atoms with Crippen LogP contribution in [-0.4, -0.2) is 5.33 Å². The third-order valence-corrected chi connectivity index (χ3v) is 4.92. The van der Waals surface area contributed by atoms with Crippen LogP contribution in [0.3, 0.4) is 0 Å². The van der Waals surface area contributed by atoms with Crippen molar-refractivity contribution in [1.29, 1.82) is 0 Å². The summed E-state index contributed by atoms with van der Waals surface area (Å²) in [5, 5.41) is 1.06. The molecule has 2 aromatic rings. The van der Waals surface area contributed by atoms with Crippen LogP contribution in [0.5, 0.6) is 0 Å². The van der Waals surface area contributed by atoms with Crippen LogP contribution in [-0.2, 0) is 12.8 Å². The van der Waals surface area contributed by atoms with Crippen LogP contribution in [0, 0.1) is 11.7 Å². The van der Waals surface area contributed by atoms with E-state index in [1.54, 1.807) is 6.07 Å². The second-order valence-electron chi connectivity index (χ2n) is 4.80. The van der Waals surface area contributed by atoms with Crippen LogP contribution in [0.1, 0.15) is 11.1 Å². The van der Waals surface area contributed by atoms with E-state index in [1.165, 1.54) is 11.6 Å². The Kier molecular flexibility index (Phi) is 6.06. The number of rotatable bonds is 5. The first-order valence-corrected chi connectivity index (χ1v) is 8.62. The molecule has 0 aliphatic carbocycles. The van der Waals surface area contributed by atoms with E-state index in [0.29, 0.717) is 5.92 Å². The molecule has 0 heterocycles. The van der Waals surface area contributed by atoms with Gasteiger partial charge in [-0.25, -0.2) is 4.39 Å². The van der Waals surface area contributed by atoms with Gasteiger partial charge in [-0.3, -0.25) is 0 Å². The van der Waals surface area contributed by atoms with Crippen LogP contribution in [0.4, 0.5) is 4.39 Å². The molecule has 0 bridgehead atoms. The minimum absolute atomic E-state index is 0.178. The molecular weight excluding hydrogens is 406 g/mol. The van der Waals surface area contributed by atoms with Crippen molar-refractivity contribution in [3.05, 3.63) is 68.9 Å². The molecule has 20 heavy (non-hydrogen) atoms. The number of alkyl halides is 1. The highest BCUT2D eigenvalue weighted by molar-refractivity contribution is 9.10. The first kappa shape index (κ1) is 16.0. The van der Waals surface area contributed by atoms with Crippen LogP contribution in [0.25, 0.3) is 0 Å². The average Bonchev–Trinajstić information content (AvgIpc) is 2.44. The van der Waals surface area contributed by atoms with Crippen LogP contribution in [0.15, 0.2) is 46.9 Å². The first-order valence-electron chi connectivity index (χ1n) is 6.33. The molecule has 0 saturated heterocycles. The minimum Gasteiger partial charge on any atom is -0.205 e. The lowest BCUT2D eigenvalue weighted by atomic mass is 9.94. The lowest BCUT2D eigenvalue weighted by Crippen LogP contribution is -2.10. The van der Waals surface area contributed by atoms with Crippen molar-refractivity contribution >= 4 is 43.5 Å². The van der Waals surface area contributed by atoms with E-state index in [1.807, 2.05) is 18.2 Å². The van der Waals surface area contributed by atoms with Crippen LogP contribution >= 0.6 is 43.5 Å². The largest absolute Gasteiger partial charge is 0.205 e. The zero-order valence-electron chi connectivity index (χ0n) is 10.8. The normalized spacial score (nSPS) is 12.4. The van der Waals surface area contributed by atoms with E-state index in [4.69, 9.17) is 11.6 Å². The Morgan fingerprint density at radius 2 is 1.60 bits per heavy atom. The van der Waals surface area contributed by atoms with Gasteiger partial charge in [0, 0.05) is 9.80 Å². The highest BCUT2D eigenvalue weighted by atomic mass is 79.9. The highest BCUT2D eigenvalue weighted by Crippen LogP contribution is 2.21. The molecular formula is C16H14Br2ClF. The summed E-state index contributed by atoms with van der Waals surface area (Å²) in [6.45, 7) is 0. The van der Waals surface area contributed by atoms with Crippen molar-refractivity contribution in [2.75, 3.05) is 5.33 Å². The standard InChI is InChI=1S/C16H14Br2ClF/c17-10-13(7-11-1-4-14(18)5-2-11)8-12-3-6-15(19)16(20)9-12/h1-6,9,13H,7-8,10H2. The molecule has 0 nitrogen and oxygen atoms in total. The van der Waals surface area contributed by atoms with Crippen molar-refractivity contribution in [3.63, 3.8) is 0 Å². The maximum atomic E-state index is 13.5. The van der Waals surface area contributed by atoms with Gasteiger partial charge >= 0.3 is 0 Å². The molecule has 0 saturated carbocycles. The molecule has 0 spiro atoms. The summed E-state index contributed by atoms with van der Waals surface area (Å²) in [7, 11) is 0. The summed E-state index contributed by atoms with van der Waals surface area (Å²) in [5.74, 6) is 0.0814. The summed E-state index contributed by atoms with van der Waals surface area (Å²) in [4.78, 5) is 0. The van der Waals surface area contributed by atoms with Gasteiger partial charge in [0.1, 0.15) is 5.82 Å². The van der Waals surface area contributed by atoms with Crippen molar-refractivity contribution in [3.8, 4) is 0 Å². The summed E-state index contributed by atoms with van der Waals surface area (Å²) >= 11 is 12.7. The fourth-order valence-corrected chi connectivity index (χ4v) is 2.97. The Bertz CT molecular complexity index is 569. The fraction of sp³-hybridized carbons (Fsp3) is 0.250. The zero-order chi connectivity index (χ0) is 14.5. The van der Waals surface area contributed by atoms with E-state index in [2.05, 4.69) is 44.0 Å². The van der Waals surface area contributed by atoms with Gasteiger partial charge in [-0.15, -0.1) is 0 Å². The molecule has 2 rings (SSSR count). The van der Waals surface area contributed by atoms with E-state index in [0.717, 1.165) is 28.2 Å². The number of halogens is 4. The van der Waals surface area contributed by atoms with Gasteiger partial charge in [0.2, 0.25) is 0 Å². The van der Waals surface area contributed by atoms with Gasteiger partial charge in [-0.05, 0) is 54.2 Å². The Hall–Kier alpha value is -0.380. The van der Waals surface area contributed by atoms with Gasteiger partial charge < -0.3 is 0 Å². The molecule has 1 atom stereocenters. The SMILES string of the molecule is Fc1cc(CC(CBr)Cc2ccc(Br)cc2)ccc1Cl. The lowest BCUT2D eigenvalue weighted by molar-refractivity contribution is 0.582. The second kappa shape index (κ2) is 7.58.